The van der Waals surface area contributed by atoms with Crippen molar-refractivity contribution in [2.45, 2.75) is 0 Å². The monoisotopic (exact) mass is 309 g/mol. The molecule has 0 spiro atoms. The number of nitrogens with zero attached hydrogens (tertiary/aromatic N) is 1. The van der Waals surface area contributed by atoms with Crippen molar-refractivity contribution in [2.24, 2.45) is 0 Å². The molecule has 0 N–H and O–H groups in total. The molecule has 5 heteroatoms. The molecule has 1 aromatic carbocycles. The van der Waals surface area contributed by atoms with Gasteiger partial charge in [-0.3, -0.25) is 4.79 Å². The first-order chi connectivity index (χ1) is 8.18. The summed E-state index contributed by atoms with van der Waals surface area (Å²) in [6.45, 7) is 0. The number of fused-ring (bicyclic) bond motifs is 2. The molecule has 3 rings (SSSR count). The smallest absolute Gasteiger partial charge is 0.200 e. The number of hydrogen-bond acceptors (Lipinski definition) is 3. The van der Waals surface area contributed by atoms with Crippen LogP contribution in [-0.4, -0.2) is 4.98 Å². The van der Waals surface area contributed by atoms with Crippen LogP contribution in [-0.2, 0) is 0 Å². The molecule has 0 atom stereocenters. The highest BCUT2D eigenvalue weighted by Crippen LogP contribution is 2.30. The van der Waals surface area contributed by atoms with E-state index in [1.165, 1.54) is 17.4 Å². The second kappa shape index (κ2) is 3.85. The second-order valence-electron chi connectivity index (χ2n) is 3.52. The van der Waals surface area contributed by atoms with E-state index in [4.69, 9.17) is 0 Å². The Bertz CT molecular complexity index is 799. The summed E-state index contributed by atoms with van der Waals surface area (Å²) in [5, 5.41) is 0.590. The lowest BCUT2D eigenvalue weighted by molar-refractivity contribution is 0.639. The van der Waals surface area contributed by atoms with Crippen molar-refractivity contribution < 1.29 is 4.39 Å². The first kappa shape index (κ1) is 10.8. The molecule has 2 nitrogen and oxygen atoms in total. The minimum absolute atomic E-state index is 0.130. The van der Waals surface area contributed by atoms with Crippen LogP contribution in [0.1, 0.15) is 0 Å². The van der Waals surface area contributed by atoms with Crippen molar-refractivity contribution in [3.8, 4) is 0 Å². The standard InChI is InChI=1S/C12H5BrFNOS/c13-7-3-4-8(14)9-10(16)6-2-1-5-15-12(6)17-11(7)9/h1-5H. The van der Waals surface area contributed by atoms with E-state index in [0.29, 0.717) is 19.4 Å². The second-order valence-corrected chi connectivity index (χ2v) is 5.37. The van der Waals surface area contributed by atoms with Crippen LogP contribution in [0, 0.1) is 5.82 Å². The van der Waals surface area contributed by atoms with Crippen LogP contribution in [0.4, 0.5) is 4.39 Å². The van der Waals surface area contributed by atoms with Crippen LogP contribution in [0.3, 0.4) is 0 Å². The van der Waals surface area contributed by atoms with Gasteiger partial charge in [0.2, 0.25) is 0 Å². The van der Waals surface area contributed by atoms with E-state index < -0.39 is 5.82 Å². The van der Waals surface area contributed by atoms with Crippen LogP contribution in [0.2, 0.25) is 0 Å². The summed E-state index contributed by atoms with van der Waals surface area (Å²) in [4.78, 5) is 16.9. The van der Waals surface area contributed by atoms with Crippen molar-refractivity contribution in [3.63, 3.8) is 0 Å². The summed E-state index contributed by atoms with van der Waals surface area (Å²) < 4.78 is 15.0. The summed E-state index contributed by atoms with van der Waals surface area (Å²) in [6.07, 6.45) is 1.62. The number of hydrogen-bond donors (Lipinski definition) is 0. The zero-order chi connectivity index (χ0) is 12.0. The molecule has 2 heterocycles. The lowest BCUT2D eigenvalue weighted by atomic mass is 10.2. The predicted octanol–water partition coefficient (Wildman–Crippen LogP) is 3.71. The van der Waals surface area contributed by atoms with Gasteiger partial charge in [-0.15, -0.1) is 11.3 Å². The molecule has 2 aromatic heterocycles. The molecule has 0 unspecified atom stereocenters. The van der Waals surface area contributed by atoms with Crippen molar-refractivity contribution >= 4 is 47.6 Å². The molecule has 0 saturated heterocycles. The Balaban J connectivity index is 2.69. The molecule has 0 radical (unpaired) electrons. The minimum Gasteiger partial charge on any atom is -0.288 e. The molecule has 0 aliphatic heterocycles. The number of halogens is 2. The van der Waals surface area contributed by atoms with Crippen LogP contribution in [0.25, 0.3) is 20.3 Å². The summed E-state index contributed by atoms with van der Waals surface area (Å²) in [5.41, 5.74) is -0.305. The molecular weight excluding hydrogens is 305 g/mol. The average Bonchev–Trinajstić information content (AvgIpc) is 2.34. The predicted molar refractivity (Wildman–Crippen MR) is 71.1 cm³/mol. The average molecular weight is 310 g/mol. The Morgan fingerprint density at radius 3 is 2.94 bits per heavy atom. The summed E-state index contributed by atoms with van der Waals surface area (Å²) in [7, 11) is 0. The maximum Gasteiger partial charge on any atom is 0.200 e. The Kier molecular flexibility index (Phi) is 2.45. The normalized spacial score (nSPS) is 11.2. The van der Waals surface area contributed by atoms with Gasteiger partial charge in [0.05, 0.1) is 15.5 Å². The van der Waals surface area contributed by atoms with Gasteiger partial charge in [0.25, 0.3) is 0 Å². The fourth-order valence-electron chi connectivity index (χ4n) is 1.72. The van der Waals surface area contributed by atoms with Gasteiger partial charge >= 0.3 is 0 Å². The van der Waals surface area contributed by atoms with Crippen molar-refractivity contribution in [1.29, 1.82) is 0 Å². The molecule has 0 aliphatic carbocycles. The molecular formula is C12H5BrFNOS. The molecule has 0 bridgehead atoms. The maximum absolute atomic E-state index is 13.7. The van der Waals surface area contributed by atoms with Crippen molar-refractivity contribution in [3.05, 3.63) is 51.0 Å². The zero-order valence-electron chi connectivity index (χ0n) is 8.41. The van der Waals surface area contributed by atoms with Gasteiger partial charge in [-0.25, -0.2) is 9.37 Å². The third-order valence-electron chi connectivity index (χ3n) is 2.50. The van der Waals surface area contributed by atoms with Crippen LogP contribution in [0.15, 0.2) is 39.7 Å². The highest BCUT2D eigenvalue weighted by molar-refractivity contribution is 9.10. The molecule has 17 heavy (non-hydrogen) atoms. The summed E-state index contributed by atoms with van der Waals surface area (Å²) in [5.74, 6) is -0.491. The lowest BCUT2D eigenvalue weighted by Crippen LogP contribution is -2.03. The largest absolute Gasteiger partial charge is 0.288 e. The van der Waals surface area contributed by atoms with Gasteiger partial charge in [-0.1, -0.05) is 0 Å². The van der Waals surface area contributed by atoms with Crippen LogP contribution >= 0.6 is 27.3 Å². The van der Waals surface area contributed by atoms with E-state index in [1.54, 1.807) is 24.4 Å². The maximum atomic E-state index is 13.7. The van der Waals surface area contributed by atoms with Crippen LogP contribution in [0.5, 0.6) is 0 Å². The Labute approximate surface area is 108 Å². The third kappa shape index (κ3) is 1.57. The molecule has 84 valence electrons. The van der Waals surface area contributed by atoms with Gasteiger partial charge < -0.3 is 0 Å². The van der Waals surface area contributed by atoms with Gasteiger partial charge in [-0.2, -0.15) is 0 Å². The summed E-state index contributed by atoms with van der Waals surface area (Å²) >= 11 is 4.64. The van der Waals surface area contributed by atoms with Gasteiger partial charge in [-0.05, 0) is 40.2 Å². The van der Waals surface area contributed by atoms with E-state index in [9.17, 15) is 9.18 Å². The Morgan fingerprint density at radius 1 is 1.29 bits per heavy atom. The molecule has 0 aliphatic rings. The Hall–Kier alpha value is -1.33. The van der Waals surface area contributed by atoms with Crippen LogP contribution < -0.4 is 5.43 Å². The van der Waals surface area contributed by atoms with E-state index in [-0.39, 0.29) is 10.8 Å². The van der Waals surface area contributed by atoms with E-state index in [0.717, 1.165) is 0 Å². The third-order valence-corrected chi connectivity index (χ3v) is 4.57. The highest BCUT2D eigenvalue weighted by atomic mass is 79.9. The van der Waals surface area contributed by atoms with E-state index in [1.807, 2.05) is 0 Å². The molecule has 0 amide bonds. The fourth-order valence-corrected chi connectivity index (χ4v) is 3.33. The molecule has 3 aromatic rings. The molecule has 0 fully saturated rings. The topological polar surface area (TPSA) is 30.0 Å². The minimum atomic E-state index is -0.491. The highest BCUT2D eigenvalue weighted by Gasteiger charge is 2.12. The molecule has 0 saturated carbocycles. The van der Waals surface area contributed by atoms with E-state index in [2.05, 4.69) is 20.9 Å². The summed E-state index contributed by atoms with van der Waals surface area (Å²) in [6, 6.07) is 6.24. The Morgan fingerprint density at radius 2 is 2.12 bits per heavy atom. The quantitative estimate of drug-likeness (QED) is 0.593. The first-order valence-electron chi connectivity index (χ1n) is 4.84. The van der Waals surface area contributed by atoms with Crippen molar-refractivity contribution in [1.82, 2.24) is 4.98 Å². The number of pyridine rings is 1. The van der Waals surface area contributed by atoms with E-state index >= 15 is 0 Å². The number of benzene rings is 1. The SMILES string of the molecule is O=c1c2cccnc2sc2c(Br)ccc(F)c12. The number of rotatable bonds is 0. The van der Waals surface area contributed by atoms with Gasteiger partial charge in [0.1, 0.15) is 10.6 Å². The fraction of sp³-hybridized carbons (Fsp3) is 0. The van der Waals surface area contributed by atoms with Crippen molar-refractivity contribution in [2.75, 3.05) is 0 Å². The zero-order valence-corrected chi connectivity index (χ0v) is 10.8. The lowest BCUT2D eigenvalue weighted by Gasteiger charge is -2.02. The first-order valence-corrected chi connectivity index (χ1v) is 6.45. The van der Waals surface area contributed by atoms with Gasteiger partial charge in [0, 0.05) is 10.7 Å². The number of aromatic nitrogens is 1. The van der Waals surface area contributed by atoms with Gasteiger partial charge in [0.15, 0.2) is 5.43 Å².